The predicted molar refractivity (Wildman–Crippen MR) is 77.4 cm³/mol. The van der Waals surface area contributed by atoms with Crippen LogP contribution < -0.4 is 4.74 Å². The number of rotatable bonds is 7. The highest BCUT2D eigenvalue weighted by molar-refractivity contribution is 9.10. The largest absolute Gasteiger partial charge is 0.496 e. The molecule has 0 aliphatic rings. The highest BCUT2D eigenvalue weighted by atomic mass is 79.9. The molecule has 0 aliphatic carbocycles. The van der Waals surface area contributed by atoms with Crippen LogP contribution in [0.4, 0.5) is 0 Å². The van der Waals surface area contributed by atoms with E-state index in [9.17, 15) is 5.11 Å². The van der Waals surface area contributed by atoms with E-state index in [0.717, 1.165) is 15.8 Å². The smallest absolute Gasteiger partial charge is 0.159 e. The molecule has 0 saturated heterocycles. The summed E-state index contributed by atoms with van der Waals surface area (Å²) in [6.07, 6.45) is 0.419. The zero-order valence-corrected chi connectivity index (χ0v) is 13.4. The van der Waals surface area contributed by atoms with Crippen molar-refractivity contribution in [2.45, 2.75) is 31.7 Å². The molecule has 0 radical (unpaired) electrons. The molecule has 1 unspecified atom stereocenters. The maximum atomic E-state index is 10.5. The SMILES string of the molecule is COc1ccc(Br)cc1CC(C)(O)CC(OC)OC. The maximum absolute atomic E-state index is 10.5. The van der Waals surface area contributed by atoms with Crippen molar-refractivity contribution >= 4 is 15.9 Å². The van der Waals surface area contributed by atoms with Crippen molar-refractivity contribution in [3.05, 3.63) is 28.2 Å². The minimum absolute atomic E-state index is 0.385. The molecule has 4 nitrogen and oxygen atoms in total. The molecule has 5 heteroatoms. The molecule has 0 bridgehead atoms. The lowest BCUT2D eigenvalue weighted by Crippen LogP contribution is -2.34. The second-order valence-corrected chi connectivity index (χ2v) is 5.65. The van der Waals surface area contributed by atoms with E-state index in [1.807, 2.05) is 18.2 Å². The van der Waals surface area contributed by atoms with E-state index >= 15 is 0 Å². The Morgan fingerprint density at radius 3 is 2.42 bits per heavy atom. The van der Waals surface area contributed by atoms with Crippen molar-refractivity contribution in [3.8, 4) is 5.75 Å². The van der Waals surface area contributed by atoms with Gasteiger partial charge in [-0.1, -0.05) is 15.9 Å². The predicted octanol–water partition coefficient (Wildman–Crippen LogP) is 2.76. The Labute approximate surface area is 122 Å². The van der Waals surface area contributed by atoms with Crippen molar-refractivity contribution < 1.29 is 19.3 Å². The second-order valence-electron chi connectivity index (χ2n) is 4.73. The Balaban J connectivity index is 2.84. The topological polar surface area (TPSA) is 47.9 Å². The normalized spacial score (nSPS) is 14.5. The zero-order valence-electron chi connectivity index (χ0n) is 11.8. The van der Waals surface area contributed by atoms with Crippen molar-refractivity contribution in [2.24, 2.45) is 0 Å². The number of benzene rings is 1. The van der Waals surface area contributed by atoms with E-state index < -0.39 is 11.9 Å². The first-order chi connectivity index (χ1) is 8.91. The van der Waals surface area contributed by atoms with Crippen LogP contribution in [0, 0.1) is 0 Å². The fourth-order valence-electron chi connectivity index (χ4n) is 1.99. The number of methoxy groups -OCH3 is 3. The van der Waals surface area contributed by atoms with Gasteiger partial charge in [-0.2, -0.15) is 0 Å². The minimum Gasteiger partial charge on any atom is -0.496 e. The molecule has 19 heavy (non-hydrogen) atoms. The van der Waals surface area contributed by atoms with E-state index in [-0.39, 0.29) is 0 Å². The molecule has 0 aliphatic heterocycles. The van der Waals surface area contributed by atoms with Gasteiger partial charge in [0.1, 0.15) is 5.75 Å². The Bertz CT molecular complexity index is 402. The molecule has 0 aromatic heterocycles. The Morgan fingerprint density at radius 2 is 1.89 bits per heavy atom. The van der Waals surface area contributed by atoms with Gasteiger partial charge >= 0.3 is 0 Å². The van der Waals surface area contributed by atoms with Crippen LogP contribution in [0.2, 0.25) is 0 Å². The summed E-state index contributed by atoms with van der Waals surface area (Å²) in [7, 11) is 4.74. The number of hydrogen-bond donors (Lipinski definition) is 1. The van der Waals surface area contributed by atoms with Gasteiger partial charge in [0, 0.05) is 31.5 Å². The first-order valence-corrected chi connectivity index (χ1v) is 6.81. The third-order valence-electron chi connectivity index (χ3n) is 2.95. The van der Waals surface area contributed by atoms with Gasteiger partial charge < -0.3 is 19.3 Å². The maximum Gasteiger partial charge on any atom is 0.159 e. The molecule has 1 rings (SSSR count). The summed E-state index contributed by atoms with van der Waals surface area (Å²) < 4.78 is 16.5. The first-order valence-electron chi connectivity index (χ1n) is 6.02. The number of hydrogen-bond acceptors (Lipinski definition) is 4. The highest BCUT2D eigenvalue weighted by Gasteiger charge is 2.27. The molecule has 1 N–H and O–H groups in total. The van der Waals surface area contributed by atoms with Crippen LogP contribution in [0.15, 0.2) is 22.7 Å². The summed E-state index contributed by atoms with van der Waals surface area (Å²) in [5.41, 5.74) is -0.00192. The summed E-state index contributed by atoms with van der Waals surface area (Å²) in [5, 5.41) is 10.5. The fraction of sp³-hybridized carbons (Fsp3) is 0.571. The summed E-state index contributed by atoms with van der Waals surface area (Å²) >= 11 is 3.42. The molecule has 108 valence electrons. The van der Waals surface area contributed by atoms with E-state index in [1.54, 1.807) is 28.3 Å². The van der Waals surface area contributed by atoms with Crippen LogP contribution >= 0.6 is 15.9 Å². The summed E-state index contributed by atoms with van der Waals surface area (Å²) in [6, 6.07) is 5.73. The zero-order chi connectivity index (χ0) is 14.5. The first kappa shape index (κ1) is 16.4. The third-order valence-corrected chi connectivity index (χ3v) is 3.44. The molecule has 1 aromatic carbocycles. The lowest BCUT2D eigenvalue weighted by atomic mass is 9.92. The lowest BCUT2D eigenvalue weighted by Gasteiger charge is -2.27. The van der Waals surface area contributed by atoms with E-state index in [2.05, 4.69) is 15.9 Å². The van der Waals surface area contributed by atoms with Gasteiger partial charge in [0.2, 0.25) is 0 Å². The van der Waals surface area contributed by atoms with E-state index in [1.165, 1.54) is 0 Å². The standard InChI is InChI=1S/C14H21BrO4/c1-14(16,9-13(18-3)19-4)8-10-7-11(15)5-6-12(10)17-2/h5-7,13,16H,8-9H2,1-4H3. The molecule has 1 aromatic rings. The monoisotopic (exact) mass is 332 g/mol. The van der Waals surface area contributed by atoms with Crippen LogP contribution in [-0.2, 0) is 15.9 Å². The summed E-state index contributed by atoms with van der Waals surface area (Å²) in [6.45, 7) is 1.76. The van der Waals surface area contributed by atoms with Gasteiger partial charge in [0.25, 0.3) is 0 Å². The van der Waals surface area contributed by atoms with Crippen LogP contribution in [0.25, 0.3) is 0 Å². The fourth-order valence-corrected chi connectivity index (χ4v) is 2.40. The summed E-state index contributed by atoms with van der Waals surface area (Å²) in [5.74, 6) is 0.759. The third kappa shape index (κ3) is 5.10. The van der Waals surface area contributed by atoms with Gasteiger partial charge in [-0.15, -0.1) is 0 Å². The van der Waals surface area contributed by atoms with Crippen LogP contribution in [0.3, 0.4) is 0 Å². The number of ether oxygens (including phenoxy) is 3. The van der Waals surface area contributed by atoms with Crippen molar-refractivity contribution in [1.82, 2.24) is 0 Å². The van der Waals surface area contributed by atoms with Crippen molar-refractivity contribution in [3.63, 3.8) is 0 Å². The molecular weight excluding hydrogens is 312 g/mol. The van der Waals surface area contributed by atoms with Crippen molar-refractivity contribution in [2.75, 3.05) is 21.3 Å². The van der Waals surface area contributed by atoms with Gasteiger partial charge in [-0.25, -0.2) is 0 Å². The van der Waals surface area contributed by atoms with Crippen LogP contribution in [0.5, 0.6) is 5.75 Å². The average molecular weight is 333 g/mol. The van der Waals surface area contributed by atoms with Crippen LogP contribution in [-0.4, -0.2) is 38.3 Å². The molecule has 0 spiro atoms. The molecule has 0 amide bonds. The van der Waals surface area contributed by atoms with E-state index in [4.69, 9.17) is 14.2 Å². The molecular formula is C14H21BrO4. The average Bonchev–Trinajstić information content (AvgIpc) is 2.35. The highest BCUT2D eigenvalue weighted by Crippen LogP contribution is 2.28. The molecule has 0 saturated carbocycles. The second kappa shape index (κ2) is 7.24. The van der Waals surface area contributed by atoms with Crippen molar-refractivity contribution in [1.29, 1.82) is 0 Å². The quantitative estimate of drug-likeness (QED) is 0.780. The molecule has 0 heterocycles. The van der Waals surface area contributed by atoms with Crippen LogP contribution in [0.1, 0.15) is 18.9 Å². The van der Waals surface area contributed by atoms with Gasteiger partial charge in [0.15, 0.2) is 6.29 Å². The Kier molecular flexibility index (Phi) is 6.26. The number of halogens is 1. The van der Waals surface area contributed by atoms with Gasteiger partial charge in [-0.3, -0.25) is 0 Å². The van der Waals surface area contributed by atoms with Gasteiger partial charge in [0.05, 0.1) is 12.7 Å². The lowest BCUT2D eigenvalue weighted by molar-refractivity contribution is -0.139. The molecule has 1 atom stereocenters. The number of aliphatic hydroxyl groups is 1. The Morgan fingerprint density at radius 1 is 1.26 bits per heavy atom. The minimum atomic E-state index is -0.940. The Hall–Kier alpha value is -0.620. The van der Waals surface area contributed by atoms with E-state index in [0.29, 0.717) is 12.8 Å². The molecule has 0 fully saturated rings. The van der Waals surface area contributed by atoms with Gasteiger partial charge in [-0.05, 0) is 30.7 Å². The summed E-state index contributed by atoms with van der Waals surface area (Å²) in [4.78, 5) is 0.